The molecule has 3 aromatic heterocycles. The van der Waals surface area contributed by atoms with Crippen molar-refractivity contribution in [3.05, 3.63) is 57.5 Å². The molecule has 0 bridgehead atoms. The number of aromatic nitrogens is 4. The maximum Gasteiger partial charge on any atom is 0.299 e. The van der Waals surface area contributed by atoms with Crippen molar-refractivity contribution in [3.8, 4) is 21.5 Å². The van der Waals surface area contributed by atoms with Crippen molar-refractivity contribution in [1.82, 2.24) is 19.6 Å². The van der Waals surface area contributed by atoms with Crippen molar-refractivity contribution in [3.63, 3.8) is 0 Å². The molecule has 3 heterocycles. The van der Waals surface area contributed by atoms with Gasteiger partial charge in [-0.3, -0.25) is 4.79 Å². The predicted molar refractivity (Wildman–Crippen MR) is 113 cm³/mol. The summed E-state index contributed by atoms with van der Waals surface area (Å²) in [6.45, 7) is 8.42. The molecule has 4 aromatic rings. The second-order valence-corrected chi connectivity index (χ2v) is 9.20. The summed E-state index contributed by atoms with van der Waals surface area (Å²) in [6.07, 6.45) is 0.701. The van der Waals surface area contributed by atoms with E-state index in [4.69, 9.17) is 9.72 Å². The van der Waals surface area contributed by atoms with Gasteiger partial charge in [0.25, 0.3) is 10.8 Å². The molecule has 144 valence electrons. The number of benzene rings is 1. The van der Waals surface area contributed by atoms with Crippen LogP contribution in [-0.4, -0.2) is 19.6 Å². The van der Waals surface area contributed by atoms with Crippen molar-refractivity contribution in [1.29, 1.82) is 0 Å². The minimum Gasteiger partial charge on any atom is -0.430 e. The molecule has 0 saturated carbocycles. The fraction of sp³-hybridized carbons (Fsp3) is 0.300. The molecule has 0 aliphatic carbocycles. The molecule has 0 aliphatic heterocycles. The molecule has 6 nitrogen and oxygen atoms in total. The molecular weight excluding hydrogens is 392 g/mol. The Bertz CT molecular complexity index is 1200. The summed E-state index contributed by atoms with van der Waals surface area (Å²) >= 11 is 2.87. The molecule has 0 fully saturated rings. The van der Waals surface area contributed by atoms with Crippen molar-refractivity contribution in [2.45, 2.75) is 39.5 Å². The Hall–Kier alpha value is -2.58. The first-order valence-corrected chi connectivity index (χ1v) is 10.7. The van der Waals surface area contributed by atoms with Gasteiger partial charge in [0.2, 0.25) is 4.96 Å². The lowest BCUT2D eigenvalue weighted by Gasteiger charge is -2.14. The lowest BCUT2D eigenvalue weighted by molar-refractivity contribution is 0.469. The third-order valence-corrected chi connectivity index (χ3v) is 5.88. The van der Waals surface area contributed by atoms with Crippen LogP contribution in [0.15, 0.2) is 40.5 Å². The van der Waals surface area contributed by atoms with Gasteiger partial charge >= 0.3 is 0 Å². The highest BCUT2D eigenvalue weighted by atomic mass is 32.1. The van der Waals surface area contributed by atoms with Gasteiger partial charge in [0.15, 0.2) is 0 Å². The number of thiazole rings is 1. The van der Waals surface area contributed by atoms with E-state index in [1.807, 2.05) is 31.2 Å². The van der Waals surface area contributed by atoms with Crippen LogP contribution in [0.25, 0.3) is 15.5 Å². The zero-order chi connectivity index (χ0) is 19.9. The molecular formula is C20H20N4O2S2. The summed E-state index contributed by atoms with van der Waals surface area (Å²) < 4.78 is 7.19. The van der Waals surface area contributed by atoms with E-state index < -0.39 is 0 Å². The Kier molecular flexibility index (Phi) is 4.76. The Morgan fingerprint density at radius 3 is 2.71 bits per heavy atom. The van der Waals surface area contributed by atoms with Gasteiger partial charge in [-0.15, -0.1) is 16.4 Å². The third-order valence-electron chi connectivity index (χ3n) is 4.20. The van der Waals surface area contributed by atoms with Gasteiger partial charge in [0.1, 0.15) is 10.8 Å². The highest BCUT2D eigenvalue weighted by Gasteiger charge is 2.18. The summed E-state index contributed by atoms with van der Waals surface area (Å²) in [4.78, 5) is 21.9. The number of hydrogen-bond donors (Lipinski definition) is 0. The largest absolute Gasteiger partial charge is 0.430 e. The fourth-order valence-corrected chi connectivity index (χ4v) is 4.45. The number of hydrogen-bond acceptors (Lipinski definition) is 7. The van der Waals surface area contributed by atoms with E-state index >= 15 is 0 Å². The van der Waals surface area contributed by atoms with Crippen LogP contribution >= 0.6 is 22.7 Å². The van der Waals surface area contributed by atoms with E-state index in [2.05, 4.69) is 36.2 Å². The normalized spacial score (nSPS) is 11.9. The van der Waals surface area contributed by atoms with E-state index in [0.29, 0.717) is 22.3 Å². The summed E-state index contributed by atoms with van der Waals surface area (Å²) in [5, 5.41) is 7.67. The molecule has 0 radical (unpaired) electrons. The van der Waals surface area contributed by atoms with Gasteiger partial charge in [-0.2, -0.15) is 4.52 Å². The highest BCUT2D eigenvalue weighted by Crippen LogP contribution is 2.33. The van der Waals surface area contributed by atoms with Crippen LogP contribution in [0, 0.1) is 0 Å². The summed E-state index contributed by atoms with van der Waals surface area (Å²) in [5.74, 6) is 0.646. The van der Waals surface area contributed by atoms with E-state index in [9.17, 15) is 4.79 Å². The molecule has 4 rings (SSSR count). The average molecular weight is 413 g/mol. The van der Waals surface area contributed by atoms with Gasteiger partial charge in [-0.25, -0.2) is 9.97 Å². The molecule has 0 spiro atoms. The number of fused-ring (bicyclic) bond motifs is 1. The Balaban J connectivity index is 1.63. The highest BCUT2D eigenvalue weighted by molar-refractivity contribution is 7.18. The zero-order valence-electron chi connectivity index (χ0n) is 16.1. The predicted octanol–water partition coefficient (Wildman–Crippen LogP) is 4.93. The summed E-state index contributed by atoms with van der Waals surface area (Å²) in [7, 11) is 0. The van der Waals surface area contributed by atoms with Crippen LogP contribution in [0.2, 0.25) is 0 Å². The Morgan fingerprint density at radius 2 is 2.00 bits per heavy atom. The van der Waals surface area contributed by atoms with Crippen LogP contribution in [0.4, 0.5) is 0 Å². The van der Waals surface area contributed by atoms with E-state index in [1.54, 1.807) is 11.3 Å². The second kappa shape index (κ2) is 7.10. The smallest absolute Gasteiger partial charge is 0.299 e. The fourth-order valence-electron chi connectivity index (χ4n) is 2.61. The number of aryl methyl sites for hydroxylation is 1. The van der Waals surface area contributed by atoms with Gasteiger partial charge in [0, 0.05) is 28.1 Å². The number of nitrogens with zero attached hydrogens (tertiary/aromatic N) is 4. The molecule has 0 unspecified atom stereocenters. The second-order valence-electron chi connectivity index (χ2n) is 7.42. The van der Waals surface area contributed by atoms with Crippen LogP contribution in [0.5, 0.6) is 10.9 Å². The third kappa shape index (κ3) is 3.70. The monoisotopic (exact) mass is 412 g/mol. The van der Waals surface area contributed by atoms with Gasteiger partial charge in [-0.1, -0.05) is 39.8 Å². The van der Waals surface area contributed by atoms with E-state index in [0.717, 1.165) is 22.0 Å². The molecule has 0 saturated heterocycles. The standard InChI is InChI=1S/C20H20N4O2S2/c1-5-13-10-16(25)24-18(21-13)28-19(23-24)26-14-8-6-7-12(9-14)17-22-15(11-27-17)20(2,3)4/h6-11H,5H2,1-4H3. The average Bonchev–Trinajstić information content (AvgIpc) is 3.28. The SMILES string of the molecule is CCc1cc(=O)n2nc(Oc3cccc(-c4nc(C(C)(C)C)cs4)c3)sc2n1. The molecule has 1 aromatic carbocycles. The topological polar surface area (TPSA) is 69.4 Å². The van der Waals surface area contributed by atoms with Crippen LogP contribution < -0.4 is 10.3 Å². The van der Waals surface area contributed by atoms with Crippen molar-refractivity contribution in [2.24, 2.45) is 0 Å². The molecule has 0 aliphatic rings. The van der Waals surface area contributed by atoms with Crippen LogP contribution in [0.1, 0.15) is 39.1 Å². The first kappa shape index (κ1) is 18.8. The first-order valence-electron chi connectivity index (χ1n) is 8.97. The van der Waals surface area contributed by atoms with Gasteiger partial charge < -0.3 is 4.74 Å². The number of rotatable bonds is 4. The molecule has 0 amide bonds. The van der Waals surface area contributed by atoms with Crippen LogP contribution in [-0.2, 0) is 11.8 Å². The molecule has 28 heavy (non-hydrogen) atoms. The number of ether oxygens (including phenoxy) is 1. The van der Waals surface area contributed by atoms with Crippen LogP contribution in [0.3, 0.4) is 0 Å². The Morgan fingerprint density at radius 1 is 1.18 bits per heavy atom. The lowest BCUT2D eigenvalue weighted by Crippen LogP contribution is -2.14. The zero-order valence-corrected chi connectivity index (χ0v) is 17.7. The van der Waals surface area contributed by atoms with Crippen molar-refractivity contribution < 1.29 is 4.74 Å². The first-order chi connectivity index (χ1) is 13.3. The maximum atomic E-state index is 12.2. The summed E-state index contributed by atoms with van der Waals surface area (Å²) in [5.41, 5.74) is 2.63. The van der Waals surface area contributed by atoms with Gasteiger partial charge in [0.05, 0.1) is 5.69 Å². The van der Waals surface area contributed by atoms with E-state index in [-0.39, 0.29) is 11.0 Å². The quantitative estimate of drug-likeness (QED) is 0.475. The molecule has 8 heteroatoms. The maximum absolute atomic E-state index is 12.2. The van der Waals surface area contributed by atoms with Gasteiger partial charge in [-0.05, 0) is 29.9 Å². The molecule has 0 atom stereocenters. The minimum atomic E-state index is -0.195. The van der Waals surface area contributed by atoms with E-state index in [1.165, 1.54) is 21.9 Å². The van der Waals surface area contributed by atoms with Crippen molar-refractivity contribution in [2.75, 3.05) is 0 Å². The summed E-state index contributed by atoms with van der Waals surface area (Å²) in [6, 6.07) is 9.24. The minimum absolute atomic E-state index is 0.0153. The molecule has 0 N–H and O–H groups in total. The van der Waals surface area contributed by atoms with Crippen molar-refractivity contribution >= 4 is 27.6 Å². The Labute approximate surface area is 170 Å². The lowest BCUT2D eigenvalue weighted by atomic mass is 9.93.